The lowest BCUT2D eigenvalue weighted by atomic mass is 10.1. The zero-order valence-corrected chi connectivity index (χ0v) is 12.9. The van der Waals surface area contributed by atoms with Gasteiger partial charge in [0.25, 0.3) is 0 Å². The summed E-state index contributed by atoms with van der Waals surface area (Å²) in [6.07, 6.45) is 1.74. The molecule has 108 valence electrons. The van der Waals surface area contributed by atoms with E-state index in [0.29, 0.717) is 11.7 Å². The number of nitrogens with zero attached hydrogens (tertiary/aromatic N) is 2. The number of hydrazone groups is 1. The van der Waals surface area contributed by atoms with Gasteiger partial charge in [-0.05, 0) is 49.3 Å². The molecule has 0 radical (unpaired) electrons. The summed E-state index contributed by atoms with van der Waals surface area (Å²) < 4.78 is 0. The van der Waals surface area contributed by atoms with Crippen molar-refractivity contribution in [3.63, 3.8) is 0 Å². The van der Waals surface area contributed by atoms with E-state index in [2.05, 4.69) is 39.9 Å². The molecule has 0 bridgehead atoms. The molecule has 0 fully saturated rings. The Balaban J connectivity index is 1.87. The third kappa shape index (κ3) is 4.65. The van der Waals surface area contributed by atoms with Crippen LogP contribution in [0.4, 0.5) is 0 Å². The van der Waals surface area contributed by atoms with Gasteiger partial charge in [0, 0.05) is 12.7 Å². The summed E-state index contributed by atoms with van der Waals surface area (Å²) in [5, 5.41) is 7.86. The van der Waals surface area contributed by atoms with Crippen molar-refractivity contribution < 1.29 is 0 Å². The quantitative estimate of drug-likeness (QED) is 0.518. The summed E-state index contributed by atoms with van der Waals surface area (Å²) in [6.45, 7) is 4.65. The van der Waals surface area contributed by atoms with Gasteiger partial charge in [0.15, 0.2) is 5.11 Å². The molecule has 2 N–H and O–H groups in total. The van der Waals surface area contributed by atoms with Crippen molar-refractivity contribution in [2.45, 2.75) is 20.4 Å². The van der Waals surface area contributed by atoms with E-state index in [4.69, 9.17) is 12.2 Å². The smallest absolute Gasteiger partial charge is 0.187 e. The van der Waals surface area contributed by atoms with Gasteiger partial charge < -0.3 is 5.32 Å². The predicted molar refractivity (Wildman–Crippen MR) is 90.2 cm³/mol. The predicted octanol–water partition coefficient (Wildman–Crippen LogP) is 2.78. The molecule has 0 spiro atoms. The average Bonchev–Trinajstić information content (AvgIpc) is 2.52. The van der Waals surface area contributed by atoms with Crippen LogP contribution in [0.5, 0.6) is 0 Å². The third-order valence-electron chi connectivity index (χ3n) is 3.06. The van der Waals surface area contributed by atoms with Crippen LogP contribution in [0.3, 0.4) is 0 Å². The molecule has 0 atom stereocenters. The van der Waals surface area contributed by atoms with E-state index in [0.717, 1.165) is 11.4 Å². The fourth-order valence-corrected chi connectivity index (χ4v) is 1.91. The maximum atomic E-state index is 5.22. The van der Waals surface area contributed by atoms with Gasteiger partial charge in [-0.3, -0.25) is 10.4 Å². The Morgan fingerprint density at radius 3 is 2.67 bits per heavy atom. The highest BCUT2D eigenvalue weighted by molar-refractivity contribution is 7.80. The first kappa shape index (κ1) is 15.1. The number of nitrogens with one attached hydrogen (secondary N) is 2. The van der Waals surface area contributed by atoms with E-state index in [9.17, 15) is 0 Å². The zero-order valence-electron chi connectivity index (χ0n) is 12.1. The normalized spacial score (nSPS) is 11.0. The largest absolute Gasteiger partial charge is 0.357 e. The second-order valence-corrected chi connectivity index (χ2v) is 5.04. The molecule has 1 heterocycles. The highest BCUT2D eigenvalue weighted by Gasteiger charge is 2.00. The van der Waals surface area contributed by atoms with E-state index in [1.165, 1.54) is 11.1 Å². The van der Waals surface area contributed by atoms with Crippen LogP contribution >= 0.6 is 12.2 Å². The number of hydrogen-bond acceptors (Lipinski definition) is 3. The van der Waals surface area contributed by atoms with Gasteiger partial charge in [-0.1, -0.05) is 30.3 Å². The molecule has 2 rings (SSSR count). The van der Waals surface area contributed by atoms with Crippen molar-refractivity contribution in [1.82, 2.24) is 15.7 Å². The summed E-state index contributed by atoms with van der Waals surface area (Å²) in [6, 6.07) is 13.9. The summed E-state index contributed by atoms with van der Waals surface area (Å²) in [5.74, 6) is 0. The second-order valence-electron chi connectivity index (χ2n) is 4.63. The lowest BCUT2D eigenvalue weighted by Crippen LogP contribution is -2.32. The van der Waals surface area contributed by atoms with Crippen LogP contribution in [0.25, 0.3) is 0 Å². The third-order valence-corrected chi connectivity index (χ3v) is 3.30. The molecule has 21 heavy (non-hydrogen) atoms. The minimum absolute atomic E-state index is 0.494. The number of aryl methyl sites for hydroxylation is 1. The first-order valence-corrected chi connectivity index (χ1v) is 7.11. The summed E-state index contributed by atoms with van der Waals surface area (Å²) in [5.41, 5.74) is 6.90. The Labute approximate surface area is 130 Å². The number of hydrogen-bond donors (Lipinski definition) is 2. The molecule has 4 nitrogen and oxygen atoms in total. The molecule has 0 saturated heterocycles. The molecule has 0 saturated carbocycles. The molecule has 0 amide bonds. The van der Waals surface area contributed by atoms with Crippen LogP contribution in [-0.4, -0.2) is 15.8 Å². The Hall–Kier alpha value is -2.27. The fraction of sp³-hybridized carbons (Fsp3) is 0.188. The van der Waals surface area contributed by atoms with E-state index in [1.807, 2.05) is 37.3 Å². The number of rotatable bonds is 4. The zero-order chi connectivity index (χ0) is 15.1. The maximum absolute atomic E-state index is 5.22. The van der Waals surface area contributed by atoms with Crippen LogP contribution in [0.2, 0.25) is 0 Å². The Morgan fingerprint density at radius 2 is 1.95 bits per heavy atom. The van der Waals surface area contributed by atoms with E-state index in [-0.39, 0.29) is 0 Å². The molecule has 0 aliphatic rings. The second kappa shape index (κ2) is 7.50. The van der Waals surface area contributed by atoms with Gasteiger partial charge in [-0.2, -0.15) is 5.10 Å². The van der Waals surface area contributed by atoms with Crippen LogP contribution in [0.1, 0.15) is 23.7 Å². The molecular weight excluding hydrogens is 280 g/mol. The summed E-state index contributed by atoms with van der Waals surface area (Å²) >= 11 is 5.22. The minimum Gasteiger partial charge on any atom is -0.357 e. The lowest BCUT2D eigenvalue weighted by Gasteiger charge is -2.09. The van der Waals surface area contributed by atoms with Crippen molar-refractivity contribution in [2.75, 3.05) is 0 Å². The van der Waals surface area contributed by atoms with Crippen molar-refractivity contribution in [3.8, 4) is 0 Å². The average molecular weight is 298 g/mol. The highest BCUT2D eigenvalue weighted by atomic mass is 32.1. The van der Waals surface area contributed by atoms with Gasteiger partial charge in [-0.15, -0.1) is 0 Å². The first-order valence-electron chi connectivity index (χ1n) is 6.71. The highest BCUT2D eigenvalue weighted by Crippen LogP contribution is 2.05. The van der Waals surface area contributed by atoms with Crippen molar-refractivity contribution in [1.29, 1.82) is 0 Å². The van der Waals surface area contributed by atoms with E-state index >= 15 is 0 Å². The Morgan fingerprint density at radius 1 is 1.19 bits per heavy atom. The maximum Gasteiger partial charge on any atom is 0.187 e. The lowest BCUT2D eigenvalue weighted by molar-refractivity contribution is 0.860. The van der Waals surface area contributed by atoms with Gasteiger partial charge >= 0.3 is 0 Å². The summed E-state index contributed by atoms with van der Waals surface area (Å²) in [7, 11) is 0. The monoisotopic (exact) mass is 298 g/mol. The van der Waals surface area contributed by atoms with Crippen LogP contribution < -0.4 is 10.7 Å². The SMILES string of the molecule is C/C(=N/NC(=S)NCc1ccccc1C)c1ccccn1. The topological polar surface area (TPSA) is 49.3 Å². The molecule has 2 aromatic rings. The fourth-order valence-electron chi connectivity index (χ4n) is 1.79. The Bertz CT molecular complexity index is 638. The molecule has 5 heteroatoms. The molecule has 0 unspecified atom stereocenters. The van der Waals surface area contributed by atoms with Gasteiger partial charge in [0.05, 0.1) is 11.4 Å². The first-order chi connectivity index (χ1) is 10.2. The molecule has 1 aromatic heterocycles. The van der Waals surface area contributed by atoms with Crippen molar-refractivity contribution in [2.24, 2.45) is 5.10 Å². The molecular formula is C16H18N4S. The number of benzene rings is 1. The van der Waals surface area contributed by atoms with E-state index in [1.54, 1.807) is 6.20 Å². The summed E-state index contributed by atoms with van der Waals surface area (Å²) in [4.78, 5) is 4.23. The number of aromatic nitrogens is 1. The van der Waals surface area contributed by atoms with Gasteiger partial charge in [0.1, 0.15) is 0 Å². The standard InChI is InChI=1S/C16H18N4S/c1-12-7-3-4-8-14(12)11-18-16(21)20-19-13(2)15-9-5-6-10-17-15/h3-10H,11H2,1-2H3,(H2,18,20,21)/b19-13-. The number of thiocarbonyl (C=S) groups is 1. The molecule has 0 aliphatic carbocycles. The Kier molecular flexibility index (Phi) is 5.40. The number of pyridine rings is 1. The van der Waals surface area contributed by atoms with Gasteiger partial charge in [-0.25, -0.2) is 0 Å². The molecule has 0 aliphatic heterocycles. The van der Waals surface area contributed by atoms with Crippen molar-refractivity contribution >= 4 is 23.0 Å². The van der Waals surface area contributed by atoms with E-state index < -0.39 is 0 Å². The van der Waals surface area contributed by atoms with Crippen LogP contribution in [0.15, 0.2) is 53.8 Å². The van der Waals surface area contributed by atoms with Crippen LogP contribution in [0, 0.1) is 6.92 Å². The minimum atomic E-state index is 0.494. The molecule has 1 aromatic carbocycles. The van der Waals surface area contributed by atoms with Gasteiger partial charge in [0.2, 0.25) is 0 Å². The van der Waals surface area contributed by atoms with Crippen molar-refractivity contribution in [3.05, 3.63) is 65.5 Å². The van der Waals surface area contributed by atoms with Crippen LogP contribution in [-0.2, 0) is 6.54 Å².